The molecule has 0 bridgehead atoms. The number of aromatic nitrogens is 1. The highest BCUT2D eigenvalue weighted by atomic mass is 16.1. The highest BCUT2D eigenvalue weighted by Gasteiger charge is 2.08. The predicted molar refractivity (Wildman–Crippen MR) is 85.7 cm³/mol. The number of rotatable bonds is 5. The molecule has 21 heavy (non-hydrogen) atoms. The first-order valence-electron chi connectivity index (χ1n) is 7.09. The van der Waals surface area contributed by atoms with E-state index in [2.05, 4.69) is 34.7 Å². The van der Waals surface area contributed by atoms with Crippen LogP contribution < -0.4 is 10.6 Å². The summed E-state index contributed by atoms with van der Waals surface area (Å²) in [7, 11) is 1.79. The Morgan fingerprint density at radius 2 is 1.95 bits per heavy atom. The summed E-state index contributed by atoms with van der Waals surface area (Å²) < 4.78 is 0. The largest absolute Gasteiger partial charge is 0.373 e. The van der Waals surface area contributed by atoms with Crippen molar-refractivity contribution in [2.24, 2.45) is 0 Å². The molecule has 0 spiro atoms. The van der Waals surface area contributed by atoms with E-state index in [9.17, 15) is 4.79 Å². The fourth-order valence-corrected chi connectivity index (χ4v) is 2.23. The standard InChI is InChI=1S/C17H21N3O/c1-12-6-4-5-7-14(12)8-9-19-17(21)15-10-13(2)20-16(11-15)18-3/h4-7,10-11H,8-9H2,1-3H3,(H,18,20)(H,19,21). The van der Waals surface area contributed by atoms with Crippen molar-refractivity contribution in [1.29, 1.82) is 0 Å². The lowest BCUT2D eigenvalue weighted by Crippen LogP contribution is -2.26. The second-order valence-electron chi connectivity index (χ2n) is 5.06. The van der Waals surface area contributed by atoms with Crippen LogP contribution in [0.3, 0.4) is 0 Å². The number of nitrogens with zero attached hydrogens (tertiary/aromatic N) is 1. The van der Waals surface area contributed by atoms with Gasteiger partial charge in [-0.25, -0.2) is 4.98 Å². The van der Waals surface area contributed by atoms with E-state index in [1.165, 1.54) is 11.1 Å². The SMILES string of the molecule is CNc1cc(C(=O)NCCc2ccccc2C)cc(C)n1. The van der Waals surface area contributed by atoms with Gasteiger partial charge >= 0.3 is 0 Å². The molecule has 1 heterocycles. The molecule has 0 aliphatic heterocycles. The zero-order valence-corrected chi connectivity index (χ0v) is 12.7. The summed E-state index contributed by atoms with van der Waals surface area (Å²) in [6.45, 7) is 4.59. The van der Waals surface area contributed by atoms with Crippen LogP contribution in [-0.4, -0.2) is 24.5 Å². The van der Waals surface area contributed by atoms with Gasteiger partial charge in [0.25, 0.3) is 5.91 Å². The van der Waals surface area contributed by atoms with Gasteiger partial charge < -0.3 is 10.6 Å². The minimum Gasteiger partial charge on any atom is -0.373 e. The molecular weight excluding hydrogens is 262 g/mol. The van der Waals surface area contributed by atoms with Crippen molar-refractivity contribution in [1.82, 2.24) is 10.3 Å². The van der Waals surface area contributed by atoms with Gasteiger partial charge in [0.2, 0.25) is 0 Å². The van der Waals surface area contributed by atoms with E-state index in [-0.39, 0.29) is 5.91 Å². The number of anilines is 1. The van der Waals surface area contributed by atoms with Gasteiger partial charge in [-0.15, -0.1) is 0 Å². The number of pyridine rings is 1. The lowest BCUT2D eigenvalue weighted by molar-refractivity contribution is 0.0954. The van der Waals surface area contributed by atoms with E-state index < -0.39 is 0 Å². The van der Waals surface area contributed by atoms with Crippen LogP contribution in [0.1, 0.15) is 27.2 Å². The van der Waals surface area contributed by atoms with Gasteiger partial charge in [-0.2, -0.15) is 0 Å². The van der Waals surface area contributed by atoms with Crippen LogP contribution in [0.25, 0.3) is 0 Å². The summed E-state index contributed by atoms with van der Waals surface area (Å²) in [6.07, 6.45) is 0.835. The van der Waals surface area contributed by atoms with E-state index in [4.69, 9.17) is 0 Å². The third kappa shape index (κ3) is 4.05. The third-order valence-corrected chi connectivity index (χ3v) is 3.41. The molecule has 0 fully saturated rings. The Bertz CT molecular complexity index is 638. The van der Waals surface area contributed by atoms with Gasteiger partial charge in [-0.1, -0.05) is 24.3 Å². The van der Waals surface area contributed by atoms with Gasteiger partial charge in [-0.3, -0.25) is 4.79 Å². The molecule has 2 N–H and O–H groups in total. The Morgan fingerprint density at radius 1 is 1.19 bits per heavy atom. The Morgan fingerprint density at radius 3 is 2.67 bits per heavy atom. The lowest BCUT2D eigenvalue weighted by atomic mass is 10.1. The van der Waals surface area contributed by atoms with Crippen molar-refractivity contribution in [3.8, 4) is 0 Å². The normalized spacial score (nSPS) is 10.2. The van der Waals surface area contributed by atoms with Crippen molar-refractivity contribution in [3.63, 3.8) is 0 Å². The zero-order valence-electron chi connectivity index (χ0n) is 12.7. The van der Waals surface area contributed by atoms with Crippen molar-refractivity contribution in [2.75, 3.05) is 18.9 Å². The van der Waals surface area contributed by atoms with Gasteiger partial charge in [0, 0.05) is 24.8 Å². The van der Waals surface area contributed by atoms with Crippen LogP contribution in [0.2, 0.25) is 0 Å². The molecule has 4 heteroatoms. The monoisotopic (exact) mass is 283 g/mol. The van der Waals surface area contributed by atoms with Crippen LogP contribution in [0.5, 0.6) is 0 Å². The molecule has 1 amide bonds. The van der Waals surface area contributed by atoms with Gasteiger partial charge in [0.15, 0.2) is 0 Å². The van der Waals surface area contributed by atoms with E-state index in [1.807, 2.05) is 19.1 Å². The molecule has 110 valence electrons. The Balaban J connectivity index is 1.96. The maximum absolute atomic E-state index is 12.2. The van der Waals surface area contributed by atoms with Crippen molar-refractivity contribution >= 4 is 11.7 Å². The fraction of sp³-hybridized carbons (Fsp3) is 0.294. The second-order valence-corrected chi connectivity index (χ2v) is 5.06. The lowest BCUT2D eigenvalue weighted by Gasteiger charge is -2.09. The van der Waals surface area contributed by atoms with E-state index in [0.29, 0.717) is 17.9 Å². The smallest absolute Gasteiger partial charge is 0.251 e. The van der Waals surface area contributed by atoms with Crippen LogP contribution in [0.4, 0.5) is 5.82 Å². The van der Waals surface area contributed by atoms with Gasteiger partial charge in [-0.05, 0) is 43.5 Å². The number of amides is 1. The average Bonchev–Trinajstić information content (AvgIpc) is 2.48. The summed E-state index contributed by atoms with van der Waals surface area (Å²) >= 11 is 0. The average molecular weight is 283 g/mol. The minimum atomic E-state index is -0.0643. The molecule has 0 saturated carbocycles. The van der Waals surface area contributed by atoms with E-state index >= 15 is 0 Å². The molecule has 1 aromatic heterocycles. The first-order valence-corrected chi connectivity index (χ1v) is 7.09. The minimum absolute atomic E-state index is 0.0643. The number of aryl methyl sites for hydroxylation is 2. The zero-order chi connectivity index (χ0) is 15.2. The number of carbonyl (C=O) groups is 1. The van der Waals surface area contributed by atoms with Gasteiger partial charge in [0.1, 0.15) is 5.82 Å². The second kappa shape index (κ2) is 6.88. The molecule has 2 aromatic rings. The maximum atomic E-state index is 12.2. The third-order valence-electron chi connectivity index (χ3n) is 3.41. The Hall–Kier alpha value is -2.36. The van der Waals surface area contributed by atoms with Crippen LogP contribution in [0.15, 0.2) is 36.4 Å². The summed E-state index contributed by atoms with van der Waals surface area (Å²) in [5.74, 6) is 0.643. The Labute approximate surface area is 125 Å². The summed E-state index contributed by atoms with van der Waals surface area (Å²) in [5, 5.41) is 5.92. The molecule has 0 unspecified atom stereocenters. The molecule has 1 aromatic carbocycles. The molecule has 4 nitrogen and oxygen atoms in total. The van der Waals surface area contributed by atoms with Gasteiger partial charge in [0.05, 0.1) is 0 Å². The van der Waals surface area contributed by atoms with Crippen molar-refractivity contribution in [2.45, 2.75) is 20.3 Å². The number of hydrogen-bond donors (Lipinski definition) is 2. The molecule has 0 radical (unpaired) electrons. The van der Waals surface area contributed by atoms with E-state index in [1.54, 1.807) is 19.2 Å². The molecule has 2 rings (SSSR count). The highest BCUT2D eigenvalue weighted by Crippen LogP contribution is 2.10. The van der Waals surface area contributed by atoms with Crippen LogP contribution in [-0.2, 0) is 6.42 Å². The van der Waals surface area contributed by atoms with Crippen LogP contribution in [0, 0.1) is 13.8 Å². The summed E-state index contributed by atoms with van der Waals surface area (Å²) in [4.78, 5) is 16.5. The number of nitrogens with one attached hydrogen (secondary N) is 2. The molecule has 0 atom stereocenters. The summed E-state index contributed by atoms with van der Waals surface area (Å²) in [5.41, 5.74) is 3.98. The topological polar surface area (TPSA) is 54.0 Å². The molecule has 0 aliphatic carbocycles. The highest BCUT2D eigenvalue weighted by molar-refractivity contribution is 5.95. The first kappa shape index (κ1) is 15.0. The summed E-state index contributed by atoms with van der Waals surface area (Å²) in [6, 6.07) is 11.8. The maximum Gasteiger partial charge on any atom is 0.251 e. The van der Waals surface area contributed by atoms with Crippen molar-refractivity contribution in [3.05, 3.63) is 58.8 Å². The molecule has 0 aliphatic rings. The molecule has 0 saturated heterocycles. The number of benzene rings is 1. The predicted octanol–water partition coefficient (Wildman–Crippen LogP) is 2.71. The Kier molecular flexibility index (Phi) is 4.93. The van der Waals surface area contributed by atoms with Crippen molar-refractivity contribution < 1.29 is 4.79 Å². The quantitative estimate of drug-likeness (QED) is 0.887. The molecular formula is C17H21N3O. The number of carbonyl (C=O) groups excluding carboxylic acids is 1. The number of hydrogen-bond acceptors (Lipinski definition) is 3. The first-order chi connectivity index (χ1) is 10.1. The fourth-order valence-electron chi connectivity index (χ4n) is 2.23. The van der Waals surface area contributed by atoms with E-state index in [0.717, 1.165) is 12.1 Å². The van der Waals surface area contributed by atoms with Crippen LogP contribution >= 0.6 is 0 Å².